The Kier molecular flexibility index (Phi) is 1.85. The first-order chi connectivity index (χ1) is 5.29. The van der Waals surface area contributed by atoms with Crippen LogP contribution in [0.15, 0.2) is 18.2 Å². The summed E-state index contributed by atoms with van der Waals surface area (Å²) in [5, 5.41) is 8.41. The molecule has 0 aliphatic rings. The number of halogens is 1. The third-order valence-electron chi connectivity index (χ3n) is 1.22. The molecular formula is C8H3FN2. The van der Waals surface area contributed by atoms with Gasteiger partial charge >= 0.3 is 0 Å². The van der Waals surface area contributed by atoms with Gasteiger partial charge in [-0.1, -0.05) is 12.1 Å². The zero-order valence-corrected chi connectivity index (χ0v) is 5.50. The first kappa shape index (κ1) is 7.24. The predicted molar refractivity (Wildman–Crippen MR) is 37.4 cm³/mol. The lowest BCUT2D eigenvalue weighted by atomic mass is 10.2. The molecule has 0 radical (unpaired) electrons. The molecule has 0 aromatic heterocycles. The number of rotatable bonds is 0. The minimum absolute atomic E-state index is 0.0833. The van der Waals surface area contributed by atoms with Gasteiger partial charge in [0, 0.05) is 0 Å². The highest BCUT2D eigenvalue weighted by Gasteiger charge is 2.05. The Morgan fingerprint density at radius 2 is 2.27 bits per heavy atom. The zero-order chi connectivity index (χ0) is 8.27. The molecule has 1 aromatic rings. The Morgan fingerprint density at radius 1 is 1.55 bits per heavy atom. The van der Waals surface area contributed by atoms with Crippen LogP contribution in [0.25, 0.3) is 4.85 Å². The van der Waals surface area contributed by atoms with E-state index in [1.807, 2.05) is 0 Å². The van der Waals surface area contributed by atoms with Crippen molar-refractivity contribution in [1.82, 2.24) is 0 Å². The largest absolute Gasteiger partial charge is 0.239 e. The molecule has 3 heteroatoms. The smallest absolute Gasteiger partial charge is 0.234 e. The number of benzene rings is 1. The SMILES string of the molecule is [C-]#[N+]c1c(F)cccc1C#N. The molecule has 0 bridgehead atoms. The van der Waals surface area contributed by atoms with Crippen LogP contribution in [0.4, 0.5) is 10.1 Å². The van der Waals surface area contributed by atoms with Crippen molar-refractivity contribution in [2.24, 2.45) is 0 Å². The van der Waals surface area contributed by atoms with E-state index in [9.17, 15) is 4.39 Å². The maximum absolute atomic E-state index is 12.7. The summed E-state index contributed by atoms with van der Waals surface area (Å²) in [7, 11) is 0. The lowest BCUT2D eigenvalue weighted by molar-refractivity contribution is 0.633. The van der Waals surface area contributed by atoms with E-state index in [1.54, 1.807) is 6.07 Å². The molecule has 0 aliphatic heterocycles. The molecule has 1 rings (SSSR count). The molecule has 0 heterocycles. The van der Waals surface area contributed by atoms with Gasteiger partial charge < -0.3 is 0 Å². The molecule has 0 saturated carbocycles. The fourth-order valence-electron chi connectivity index (χ4n) is 0.719. The van der Waals surface area contributed by atoms with Crippen LogP contribution in [0.3, 0.4) is 0 Å². The van der Waals surface area contributed by atoms with E-state index in [1.165, 1.54) is 12.1 Å². The average Bonchev–Trinajstić information content (AvgIpc) is 2.04. The van der Waals surface area contributed by atoms with E-state index in [2.05, 4.69) is 4.85 Å². The Bertz CT molecular complexity index is 357. The topological polar surface area (TPSA) is 28.1 Å². The molecule has 0 unspecified atom stereocenters. The van der Waals surface area contributed by atoms with E-state index in [0.29, 0.717) is 0 Å². The van der Waals surface area contributed by atoms with Gasteiger partial charge in [-0.3, -0.25) is 0 Å². The van der Waals surface area contributed by atoms with E-state index in [0.717, 1.165) is 6.07 Å². The lowest BCUT2D eigenvalue weighted by Gasteiger charge is -1.93. The molecule has 0 fully saturated rings. The van der Waals surface area contributed by atoms with Crippen LogP contribution in [-0.4, -0.2) is 0 Å². The summed E-state index contributed by atoms with van der Waals surface area (Å²) in [5.74, 6) is -0.640. The monoisotopic (exact) mass is 146 g/mol. The number of nitriles is 1. The van der Waals surface area contributed by atoms with Gasteiger partial charge in [0.1, 0.15) is 5.82 Å². The van der Waals surface area contributed by atoms with Crippen LogP contribution >= 0.6 is 0 Å². The summed E-state index contributed by atoms with van der Waals surface area (Å²) in [5.41, 5.74) is -0.116. The second-order valence-corrected chi connectivity index (χ2v) is 1.86. The van der Waals surface area contributed by atoms with Gasteiger partial charge in [-0.25, -0.2) is 9.24 Å². The number of hydrogen-bond acceptors (Lipinski definition) is 1. The Hall–Kier alpha value is -1.87. The van der Waals surface area contributed by atoms with Crippen molar-refractivity contribution in [3.8, 4) is 6.07 Å². The average molecular weight is 146 g/mol. The van der Waals surface area contributed by atoms with Crippen LogP contribution in [-0.2, 0) is 0 Å². The van der Waals surface area contributed by atoms with Gasteiger partial charge in [0.25, 0.3) is 0 Å². The first-order valence-electron chi connectivity index (χ1n) is 2.85. The van der Waals surface area contributed by atoms with E-state index in [-0.39, 0.29) is 11.3 Å². The molecule has 0 spiro atoms. The molecule has 0 N–H and O–H groups in total. The first-order valence-corrected chi connectivity index (χ1v) is 2.85. The molecule has 0 atom stereocenters. The van der Waals surface area contributed by atoms with Crippen molar-refractivity contribution in [1.29, 1.82) is 5.26 Å². The number of nitrogens with zero attached hydrogens (tertiary/aromatic N) is 2. The number of hydrogen-bond donors (Lipinski definition) is 0. The highest BCUT2D eigenvalue weighted by atomic mass is 19.1. The minimum atomic E-state index is -0.640. The molecule has 11 heavy (non-hydrogen) atoms. The third kappa shape index (κ3) is 1.17. The Balaban J connectivity index is 3.42. The number of para-hydroxylation sites is 1. The maximum Gasteiger partial charge on any atom is 0.239 e. The van der Waals surface area contributed by atoms with E-state index >= 15 is 0 Å². The summed E-state index contributed by atoms with van der Waals surface area (Å²) in [6, 6.07) is 5.71. The van der Waals surface area contributed by atoms with Crippen LogP contribution in [0.2, 0.25) is 0 Å². The standard InChI is InChI=1S/C8H3FN2/c1-11-8-6(5-10)3-2-4-7(8)9/h2-4H. The summed E-state index contributed by atoms with van der Waals surface area (Å²) in [6.07, 6.45) is 0. The summed E-state index contributed by atoms with van der Waals surface area (Å²) in [6.45, 7) is 6.56. The summed E-state index contributed by atoms with van der Waals surface area (Å²) in [4.78, 5) is 2.89. The van der Waals surface area contributed by atoms with Crippen molar-refractivity contribution in [2.75, 3.05) is 0 Å². The molecule has 52 valence electrons. The van der Waals surface area contributed by atoms with Gasteiger partial charge in [0.15, 0.2) is 0 Å². The Labute approximate surface area is 63.3 Å². The van der Waals surface area contributed by atoms with Gasteiger partial charge in [0.05, 0.1) is 18.2 Å². The predicted octanol–water partition coefficient (Wildman–Crippen LogP) is 2.25. The molecular weight excluding hydrogens is 143 g/mol. The summed E-state index contributed by atoms with van der Waals surface area (Å²) >= 11 is 0. The lowest BCUT2D eigenvalue weighted by Crippen LogP contribution is -1.78. The zero-order valence-electron chi connectivity index (χ0n) is 5.50. The van der Waals surface area contributed by atoms with Gasteiger partial charge in [-0.2, -0.15) is 5.26 Å². The highest BCUT2D eigenvalue weighted by molar-refractivity contribution is 5.58. The van der Waals surface area contributed by atoms with Gasteiger partial charge in [-0.05, 0) is 6.07 Å². The van der Waals surface area contributed by atoms with E-state index in [4.69, 9.17) is 11.8 Å². The molecule has 0 saturated heterocycles. The quantitative estimate of drug-likeness (QED) is 0.516. The van der Waals surface area contributed by atoms with Crippen molar-refractivity contribution in [3.05, 3.63) is 41.0 Å². The van der Waals surface area contributed by atoms with Crippen molar-refractivity contribution >= 4 is 5.69 Å². The fourth-order valence-corrected chi connectivity index (χ4v) is 0.719. The van der Waals surface area contributed by atoms with Crippen molar-refractivity contribution in [3.63, 3.8) is 0 Å². The second kappa shape index (κ2) is 2.81. The van der Waals surface area contributed by atoms with Gasteiger partial charge in [0.2, 0.25) is 5.69 Å². The van der Waals surface area contributed by atoms with Crippen LogP contribution < -0.4 is 0 Å². The fraction of sp³-hybridized carbons (Fsp3) is 0. The second-order valence-electron chi connectivity index (χ2n) is 1.86. The van der Waals surface area contributed by atoms with Gasteiger partial charge in [-0.15, -0.1) is 0 Å². The van der Waals surface area contributed by atoms with Crippen molar-refractivity contribution in [2.45, 2.75) is 0 Å². The van der Waals surface area contributed by atoms with E-state index < -0.39 is 5.82 Å². The highest BCUT2D eigenvalue weighted by Crippen LogP contribution is 2.21. The molecule has 2 nitrogen and oxygen atoms in total. The molecule has 1 aromatic carbocycles. The van der Waals surface area contributed by atoms with Crippen LogP contribution in [0.1, 0.15) is 5.56 Å². The summed E-state index contributed by atoms with van der Waals surface area (Å²) < 4.78 is 12.7. The third-order valence-corrected chi connectivity index (χ3v) is 1.22. The molecule has 0 aliphatic carbocycles. The van der Waals surface area contributed by atoms with Crippen LogP contribution in [0, 0.1) is 23.7 Å². The van der Waals surface area contributed by atoms with Crippen LogP contribution in [0.5, 0.6) is 0 Å². The molecule has 0 amide bonds. The normalized spacial score (nSPS) is 8.27. The maximum atomic E-state index is 12.7. The minimum Gasteiger partial charge on any atom is -0.234 e. The van der Waals surface area contributed by atoms with Crippen molar-refractivity contribution < 1.29 is 4.39 Å². The Morgan fingerprint density at radius 3 is 2.73 bits per heavy atom.